The van der Waals surface area contributed by atoms with Crippen molar-refractivity contribution < 1.29 is 32.6 Å². The molecule has 3 aromatic rings. The zero-order valence-electron chi connectivity index (χ0n) is 16.8. The number of aromatic nitrogens is 3. The van der Waals surface area contributed by atoms with Gasteiger partial charge >= 0.3 is 12.1 Å². The van der Waals surface area contributed by atoms with Gasteiger partial charge in [-0.05, 0) is 44.2 Å². The predicted octanol–water partition coefficient (Wildman–Crippen LogP) is 3.78. The summed E-state index contributed by atoms with van der Waals surface area (Å²) in [7, 11) is 1.52. The SMILES string of the molecule is COc1cccc(C(=O)Nc2ccc(-n3cnc(C)c3C)cc2)n1.O=C(O)C(F)(F)F. The lowest BCUT2D eigenvalue weighted by molar-refractivity contribution is -0.192. The molecule has 2 heterocycles. The number of hydrogen-bond acceptors (Lipinski definition) is 5. The van der Waals surface area contributed by atoms with E-state index in [9.17, 15) is 18.0 Å². The Balaban J connectivity index is 0.000000423. The molecule has 0 aliphatic heterocycles. The molecule has 2 N–H and O–H groups in total. The minimum Gasteiger partial charge on any atom is -0.481 e. The van der Waals surface area contributed by atoms with Crippen molar-refractivity contribution >= 4 is 17.6 Å². The normalized spacial score (nSPS) is 10.6. The van der Waals surface area contributed by atoms with E-state index in [-0.39, 0.29) is 5.91 Å². The second-order valence-electron chi connectivity index (χ2n) is 6.15. The van der Waals surface area contributed by atoms with Crippen molar-refractivity contribution in [3.8, 4) is 11.6 Å². The number of carboxylic acid groups (broad SMARTS) is 1. The van der Waals surface area contributed by atoms with Crippen LogP contribution in [0.15, 0.2) is 48.8 Å². The highest BCUT2D eigenvalue weighted by Crippen LogP contribution is 2.17. The van der Waals surface area contributed by atoms with Crippen LogP contribution in [0.2, 0.25) is 0 Å². The Bertz CT molecular complexity index is 1060. The van der Waals surface area contributed by atoms with E-state index in [0.29, 0.717) is 17.3 Å². The van der Waals surface area contributed by atoms with Crippen LogP contribution in [0.3, 0.4) is 0 Å². The standard InChI is InChI=1S/C18H18N4O2.C2HF3O2/c1-12-13(2)22(11-19-12)15-9-7-14(8-10-15)20-18(23)16-5-4-6-17(21-16)24-3;3-2(4,5)1(6)7/h4-11H,1-3H3,(H,20,23);(H,6,7). The van der Waals surface area contributed by atoms with Crippen LogP contribution in [0.25, 0.3) is 5.69 Å². The van der Waals surface area contributed by atoms with Crippen molar-refractivity contribution in [1.29, 1.82) is 0 Å². The summed E-state index contributed by atoms with van der Waals surface area (Å²) in [6, 6.07) is 12.6. The van der Waals surface area contributed by atoms with Crippen LogP contribution < -0.4 is 10.1 Å². The Hall–Kier alpha value is -3.89. The van der Waals surface area contributed by atoms with Gasteiger partial charge < -0.3 is 19.7 Å². The molecule has 2 aromatic heterocycles. The molecule has 0 aliphatic carbocycles. The van der Waals surface area contributed by atoms with E-state index in [1.54, 1.807) is 24.5 Å². The number of ether oxygens (including phenoxy) is 1. The van der Waals surface area contributed by atoms with E-state index in [1.165, 1.54) is 7.11 Å². The summed E-state index contributed by atoms with van der Waals surface area (Å²) in [4.78, 5) is 29.6. The third-order valence-corrected chi connectivity index (χ3v) is 4.06. The molecule has 31 heavy (non-hydrogen) atoms. The number of aryl methyl sites for hydroxylation is 1. The Kier molecular flexibility index (Phi) is 7.35. The fraction of sp³-hybridized carbons (Fsp3) is 0.200. The molecule has 0 bridgehead atoms. The Morgan fingerprint density at radius 1 is 1.10 bits per heavy atom. The third kappa shape index (κ3) is 6.29. The molecule has 11 heteroatoms. The summed E-state index contributed by atoms with van der Waals surface area (Å²) in [5, 5.41) is 9.95. The maximum absolute atomic E-state index is 12.3. The van der Waals surface area contributed by atoms with Crippen LogP contribution in [-0.2, 0) is 4.79 Å². The maximum atomic E-state index is 12.3. The molecule has 0 saturated heterocycles. The van der Waals surface area contributed by atoms with Crippen molar-refractivity contribution in [1.82, 2.24) is 14.5 Å². The number of halogens is 3. The summed E-state index contributed by atoms with van der Waals surface area (Å²) in [5.74, 6) is -2.63. The van der Waals surface area contributed by atoms with Crippen LogP contribution in [-0.4, -0.2) is 44.8 Å². The fourth-order valence-electron chi connectivity index (χ4n) is 2.31. The summed E-state index contributed by atoms with van der Waals surface area (Å²) >= 11 is 0. The monoisotopic (exact) mass is 436 g/mol. The molecular formula is C20H19F3N4O4. The minimum atomic E-state index is -5.08. The molecule has 0 spiro atoms. The second-order valence-corrected chi connectivity index (χ2v) is 6.15. The highest BCUT2D eigenvalue weighted by molar-refractivity contribution is 6.02. The number of pyridine rings is 1. The summed E-state index contributed by atoms with van der Waals surface area (Å²) in [5.41, 5.74) is 4.08. The molecule has 164 valence electrons. The first-order chi connectivity index (χ1) is 14.5. The van der Waals surface area contributed by atoms with Crippen LogP contribution in [0.5, 0.6) is 5.88 Å². The number of benzene rings is 1. The largest absolute Gasteiger partial charge is 0.490 e. The van der Waals surface area contributed by atoms with Gasteiger partial charge in [-0.25, -0.2) is 14.8 Å². The summed E-state index contributed by atoms with van der Waals surface area (Å²) < 4.78 is 38.8. The van der Waals surface area contributed by atoms with Gasteiger partial charge in [0.15, 0.2) is 0 Å². The second kappa shape index (κ2) is 9.74. The van der Waals surface area contributed by atoms with E-state index >= 15 is 0 Å². The van der Waals surface area contributed by atoms with Crippen molar-refractivity contribution in [2.75, 3.05) is 12.4 Å². The summed E-state index contributed by atoms with van der Waals surface area (Å²) in [6.07, 6.45) is -3.29. The average molecular weight is 436 g/mol. The van der Waals surface area contributed by atoms with E-state index in [2.05, 4.69) is 15.3 Å². The first-order valence-corrected chi connectivity index (χ1v) is 8.76. The summed E-state index contributed by atoms with van der Waals surface area (Å²) in [6.45, 7) is 3.99. The van der Waals surface area contributed by atoms with E-state index < -0.39 is 12.1 Å². The van der Waals surface area contributed by atoms with Gasteiger partial charge in [0, 0.05) is 23.1 Å². The highest BCUT2D eigenvalue weighted by atomic mass is 19.4. The van der Waals surface area contributed by atoms with Crippen molar-refractivity contribution in [3.63, 3.8) is 0 Å². The number of rotatable bonds is 4. The molecule has 0 fully saturated rings. The molecule has 0 saturated carbocycles. The molecule has 1 amide bonds. The van der Waals surface area contributed by atoms with Crippen LogP contribution >= 0.6 is 0 Å². The van der Waals surface area contributed by atoms with Crippen LogP contribution in [0.4, 0.5) is 18.9 Å². The van der Waals surface area contributed by atoms with E-state index in [0.717, 1.165) is 17.1 Å². The van der Waals surface area contributed by atoms with Crippen molar-refractivity contribution in [2.45, 2.75) is 20.0 Å². The lowest BCUT2D eigenvalue weighted by Gasteiger charge is -2.09. The fourth-order valence-corrected chi connectivity index (χ4v) is 2.31. The van der Waals surface area contributed by atoms with E-state index in [1.807, 2.05) is 42.7 Å². The zero-order valence-corrected chi connectivity index (χ0v) is 16.8. The number of imidazole rings is 1. The Morgan fingerprint density at radius 3 is 2.19 bits per heavy atom. The Morgan fingerprint density at radius 2 is 1.71 bits per heavy atom. The van der Waals surface area contributed by atoms with E-state index in [4.69, 9.17) is 14.6 Å². The quantitative estimate of drug-likeness (QED) is 0.645. The molecule has 0 unspecified atom stereocenters. The number of carboxylic acids is 1. The number of alkyl halides is 3. The van der Waals surface area contributed by atoms with Crippen LogP contribution in [0, 0.1) is 13.8 Å². The number of methoxy groups -OCH3 is 1. The zero-order chi connectivity index (χ0) is 23.2. The Labute approximate surface area is 175 Å². The molecule has 1 aromatic carbocycles. The number of carbonyl (C=O) groups excluding carboxylic acids is 1. The number of anilines is 1. The molecule has 0 aliphatic rings. The van der Waals surface area contributed by atoms with Gasteiger partial charge in [-0.1, -0.05) is 6.07 Å². The minimum absolute atomic E-state index is 0.281. The average Bonchev–Trinajstić information content (AvgIpc) is 3.07. The highest BCUT2D eigenvalue weighted by Gasteiger charge is 2.38. The van der Waals surface area contributed by atoms with Gasteiger partial charge in [0.05, 0.1) is 19.1 Å². The van der Waals surface area contributed by atoms with Crippen LogP contribution in [0.1, 0.15) is 21.9 Å². The number of carbonyl (C=O) groups is 2. The number of aliphatic carboxylic acids is 1. The third-order valence-electron chi connectivity index (χ3n) is 4.06. The van der Waals surface area contributed by atoms with Gasteiger partial charge in [-0.3, -0.25) is 4.79 Å². The number of nitrogens with one attached hydrogen (secondary N) is 1. The first kappa shape index (κ1) is 23.4. The van der Waals surface area contributed by atoms with Gasteiger partial charge in [0.1, 0.15) is 5.69 Å². The van der Waals surface area contributed by atoms with Crippen molar-refractivity contribution in [2.24, 2.45) is 0 Å². The smallest absolute Gasteiger partial charge is 0.481 e. The molecule has 8 nitrogen and oxygen atoms in total. The predicted molar refractivity (Wildman–Crippen MR) is 105 cm³/mol. The molecule has 3 rings (SSSR count). The lowest BCUT2D eigenvalue weighted by Crippen LogP contribution is -2.21. The topological polar surface area (TPSA) is 106 Å². The molecule has 0 atom stereocenters. The molecular weight excluding hydrogens is 417 g/mol. The van der Waals surface area contributed by atoms with Gasteiger partial charge in [0.25, 0.3) is 5.91 Å². The number of nitrogens with zero attached hydrogens (tertiary/aromatic N) is 3. The number of amides is 1. The first-order valence-electron chi connectivity index (χ1n) is 8.76. The molecule has 0 radical (unpaired) electrons. The maximum Gasteiger partial charge on any atom is 0.490 e. The van der Waals surface area contributed by atoms with Gasteiger partial charge in [-0.2, -0.15) is 13.2 Å². The lowest BCUT2D eigenvalue weighted by atomic mass is 10.2. The number of hydrogen-bond donors (Lipinski definition) is 2. The van der Waals surface area contributed by atoms with Gasteiger partial charge in [-0.15, -0.1) is 0 Å². The van der Waals surface area contributed by atoms with Crippen molar-refractivity contribution in [3.05, 3.63) is 65.9 Å². The van der Waals surface area contributed by atoms with Gasteiger partial charge in [0.2, 0.25) is 5.88 Å².